The van der Waals surface area contributed by atoms with E-state index in [2.05, 4.69) is 63.0 Å². The zero-order valence-electron chi connectivity index (χ0n) is 30.4. The van der Waals surface area contributed by atoms with E-state index in [4.69, 9.17) is 37.3 Å². The number of halogens is 2. The van der Waals surface area contributed by atoms with E-state index in [1.165, 1.54) is 0 Å². The molecule has 2 aromatic carbocycles. The van der Waals surface area contributed by atoms with Crippen molar-refractivity contribution >= 4 is 49.1 Å². The smallest absolute Gasteiger partial charge is 0.279 e. The van der Waals surface area contributed by atoms with Crippen molar-refractivity contribution in [2.75, 3.05) is 37.6 Å². The molecule has 0 radical (unpaired) electrons. The largest absolute Gasteiger partial charge is 0.480 e. The van der Waals surface area contributed by atoms with Crippen molar-refractivity contribution in [1.82, 2.24) is 19.5 Å². The minimum Gasteiger partial charge on any atom is -0.480 e. The number of aryl methyl sites for hydroxylation is 1. The predicted molar refractivity (Wildman–Crippen MR) is 202 cm³/mol. The average Bonchev–Trinajstić information content (AvgIpc) is 3.56. The van der Waals surface area contributed by atoms with Crippen molar-refractivity contribution in [1.29, 1.82) is 0 Å². The van der Waals surface area contributed by atoms with E-state index in [0.29, 0.717) is 62.2 Å². The maximum absolute atomic E-state index is 14.7. The third-order valence-corrected chi connectivity index (χ3v) is 16.4. The highest BCUT2D eigenvalue weighted by Gasteiger charge is 2.48. The lowest BCUT2D eigenvalue weighted by Crippen LogP contribution is -2.48. The molecule has 0 saturated carbocycles. The number of rotatable bonds is 12. The molecule has 1 aliphatic rings. The Bertz CT molecular complexity index is 1800. The second-order valence-corrected chi connectivity index (χ2v) is 20.4. The van der Waals surface area contributed by atoms with Crippen LogP contribution in [0.4, 0.5) is 11.6 Å². The van der Waals surface area contributed by atoms with Gasteiger partial charge < -0.3 is 18.6 Å². The summed E-state index contributed by atoms with van der Waals surface area (Å²) >= 11 is 12.9. The molecule has 1 aliphatic heterocycles. The third-order valence-electron chi connectivity index (χ3n) is 9.80. The summed E-state index contributed by atoms with van der Waals surface area (Å²) in [4.78, 5) is 32.7. The van der Waals surface area contributed by atoms with E-state index in [-0.39, 0.29) is 11.9 Å². The lowest BCUT2D eigenvalue weighted by Gasteiger charge is -2.43. The molecule has 1 amide bonds. The Kier molecular flexibility index (Phi) is 10.8. The summed E-state index contributed by atoms with van der Waals surface area (Å²) < 4.78 is 15.1. The summed E-state index contributed by atoms with van der Waals surface area (Å²) in [5.41, 5.74) is 5.43. The topological polar surface area (TPSA) is 85.6 Å². The summed E-state index contributed by atoms with van der Waals surface area (Å²) in [6, 6.07) is 12.5. The molecule has 9 nitrogen and oxygen atoms in total. The molecule has 2 aromatic heterocycles. The first-order chi connectivity index (χ1) is 23.1. The average molecular weight is 724 g/mol. The number of methoxy groups -OCH3 is 1. The number of aromatic nitrogens is 4. The van der Waals surface area contributed by atoms with E-state index < -0.39 is 14.4 Å². The van der Waals surface area contributed by atoms with Crippen LogP contribution < -0.4 is 14.5 Å². The Hall–Kier alpha value is -3.44. The van der Waals surface area contributed by atoms with Gasteiger partial charge in [-0.15, -0.1) is 0 Å². The first-order valence-electron chi connectivity index (χ1n) is 16.8. The Morgan fingerprint density at radius 2 is 1.53 bits per heavy atom. The SMILES string of the molecule is COc1nc(N(C)C)ncc1-c1nc2c(n1C(C)CO[Si](C(C)C)(C(C)C)C(C)C)C(c1ccc(Cl)cc1)N(c1cc(Cl)ccc1C)C2=O. The fourth-order valence-corrected chi connectivity index (χ4v) is 13.4. The first-order valence-corrected chi connectivity index (χ1v) is 19.7. The first kappa shape index (κ1) is 36.8. The Morgan fingerprint density at radius 1 is 0.918 bits per heavy atom. The number of imidazole rings is 1. The van der Waals surface area contributed by atoms with Crippen LogP contribution in [-0.2, 0) is 4.43 Å². The van der Waals surface area contributed by atoms with E-state index in [1.54, 1.807) is 18.2 Å². The molecule has 0 aliphatic carbocycles. The number of anilines is 2. The number of carbonyl (C=O) groups excluding carboxylic acids is 1. The normalized spacial score (nSPS) is 15.5. The zero-order chi connectivity index (χ0) is 35.9. The fraction of sp³-hybridized carbons (Fsp3) is 0.459. The molecular formula is C37H48Cl2N6O3Si. The van der Waals surface area contributed by atoms with Crippen LogP contribution in [0.1, 0.15) is 87.9 Å². The van der Waals surface area contributed by atoms with Crippen LogP contribution in [0.2, 0.25) is 26.7 Å². The summed E-state index contributed by atoms with van der Waals surface area (Å²) in [6.07, 6.45) is 1.72. The molecule has 3 heterocycles. The van der Waals surface area contributed by atoms with Crippen molar-refractivity contribution in [3.63, 3.8) is 0 Å². The van der Waals surface area contributed by atoms with Gasteiger partial charge in [-0.2, -0.15) is 4.98 Å². The van der Waals surface area contributed by atoms with E-state index in [0.717, 1.165) is 22.5 Å². The quantitative estimate of drug-likeness (QED) is 0.135. The van der Waals surface area contributed by atoms with Crippen LogP contribution in [0.25, 0.3) is 11.4 Å². The maximum atomic E-state index is 14.7. The molecule has 0 spiro atoms. The van der Waals surface area contributed by atoms with Crippen LogP contribution in [0.3, 0.4) is 0 Å². The third kappa shape index (κ3) is 6.60. The van der Waals surface area contributed by atoms with Crippen LogP contribution in [0.5, 0.6) is 5.88 Å². The van der Waals surface area contributed by atoms with Crippen molar-refractivity contribution in [2.24, 2.45) is 0 Å². The maximum Gasteiger partial charge on any atom is 0.279 e. The van der Waals surface area contributed by atoms with Gasteiger partial charge in [-0.3, -0.25) is 9.69 Å². The Balaban J connectivity index is 1.78. The highest BCUT2D eigenvalue weighted by atomic mass is 35.5. The monoisotopic (exact) mass is 722 g/mol. The van der Waals surface area contributed by atoms with Gasteiger partial charge in [0.05, 0.1) is 31.0 Å². The molecular weight excluding hydrogens is 675 g/mol. The highest BCUT2D eigenvalue weighted by molar-refractivity contribution is 6.77. The second kappa shape index (κ2) is 14.4. The molecule has 0 saturated heterocycles. The summed E-state index contributed by atoms with van der Waals surface area (Å²) in [5, 5.41) is 1.15. The van der Waals surface area contributed by atoms with Crippen LogP contribution in [0, 0.1) is 6.92 Å². The molecule has 5 rings (SSSR count). The van der Waals surface area contributed by atoms with Gasteiger partial charge in [0.25, 0.3) is 5.91 Å². The summed E-state index contributed by atoms with van der Waals surface area (Å²) in [7, 11) is 3.09. The van der Waals surface area contributed by atoms with Gasteiger partial charge in [0.2, 0.25) is 11.8 Å². The molecule has 49 heavy (non-hydrogen) atoms. The minimum atomic E-state index is -2.24. The van der Waals surface area contributed by atoms with Crippen molar-refractivity contribution < 1.29 is 14.0 Å². The van der Waals surface area contributed by atoms with Crippen LogP contribution in [-0.4, -0.2) is 61.6 Å². The van der Waals surface area contributed by atoms with Gasteiger partial charge in [-0.1, -0.05) is 82.9 Å². The van der Waals surface area contributed by atoms with E-state index >= 15 is 0 Å². The number of amides is 1. The Labute approximate surface area is 301 Å². The van der Waals surface area contributed by atoms with Crippen LogP contribution >= 0.6 is 23.2 Å². The standard InChI is InChI=1S/C37H48Cl2N6O3Si/c1-21(2)49(22(3)4,23(5)6)48-20-25(8)44-33-31(41-34(44)29-19-40-37(43(9)10)42-35(29)47-11)36(46)45(30-18-28(39)15-12-24(30)7)32(33)26-13-16-27(38)17-14-26/h12-19,21-23,25,32H,20H2,1-11H3. The van der Waals surface area contributed by atoms with Gasteiger partial charge in [-0.25, -0.2) is 9.97 Å². The van der Waals surface area contributed by atoms with Gasteiger partial charge in [0, 0.05) is 36.0 Å². The summed E-state index contributed by atoms with van der Waals surface area (Å²) in [6.45, 7) is 18.2. The molecule has 4 aromatic rings. The summed E-state index contributed by atoms with van der Waals surface area (Å²) in [5.74, 6) is 1.18. The second-order valence-electron chi connectivity index (χ2n) is 14.1. The molecule has 0 N–H and O–H groups in total. The van der Waals surface area contributed by atoms with Crippen molar-refractivity contribution in [2.45, 2.75) is 84.1 Å². The van der Waals surface area contributed by atoms with Crippen molar-refractivity contribution in [3.05, 3.63) is 81.2 Å². The molecule has 2 atom stereocenters. The number of nitrogens with zero attached hydrogens (tertiary/aromatic N) is 6. The van der Waals surface area contributed by atoms with Crippen LogP contribution in [0.15, 0.2) is 48.7 Å². The fourth-order valence-electron chi connectivity index (χ4n) is 7.62. The van der Waals surface area contributed by atoms with Gasteiger partial charge in [0.15, 0.2) is 14.0 Å². The van der Waals surface area contributed by atoms with E-state index in [1.807, 2.05) is 68.4 Å². The molecule has 2 unspecified atom stereocenters. The minimum absolute atomic E-state index is 0.226. The van der Waals surface area contributed by atoms with Gasteiger partial charge >= 0.3 is 0 Å². The van der Waals surface area contributed by atoms with Gasteiger partial charge in [-0.05, 0) is 65.9 Å². The van der Waals surface area contributed by atoms with Gasteiger partial charge in [0.1, 0.15) is 11.9 Å². The number of hydrogen-bond donors (Lipinski definition) is 0. The van der Waals surface area contributed by atoms with Crippen molar-refractivity contribution in [3.8, 4) is 17.3 Å². The Morgan fingerprint density at radius 3 is 2.10 bits per heavy atom. The molecule has 0 fully saturated rings. The lowest BCUT2D eigenvalue weighted by molar-refractivity contribution is 0.0989. The number of carbonyl (C=O) groups is 1. The zero-order valence-corrected chi connectivity index (χ0v) is 32.9. The van der Waals surface area contributed by atoms with E-state index in [9.17, 15) is 4.79 Å². The number of fused-ring (bicyclic) bond motifs is 1. The number of benzene rings is 2. The number of ether oxygens (including phenoxy) is 1. The highest BCUT2D eigenvalue weighted by Crippen LogP contribution is 2.48. The predicted octanol–water partition coefficient (Wildman–Crippen LogP) is 9.53. The molecule has 0 bridgehead atoms. The molecule has 262 valence electrons. The number of hydrogen-bond acceptors (Lipinski definition) is 7. The lowest BCUT2D eigenvalue weighted by atomic mass is 10.0. The molecule has 12 heteroatoms.